The van der Waals surface area contributed by atoms with Crippen molar-refractivity contribution in [2.24, 2.45) is 0 Å². The molecule has 0 bridgehead atoms. The summed E-state index contributed by atoms with van der Waals surface area (Å²) in [6.45, 7) is 17.0. The van der Waals surface area contributed by atoms with Crippen molar-refractivity contribution >= 4 is 48.6 Å². The minimum Gasteiger partial charge on any atom is -1.00 e. The first-order valence-corrected chi connectivity index (χ1v) is 15.9. The van der Waals surface area contributed by atoms with Crippen LogP contribution in [0, 0.1) is 19.2 Å². The summed E-state index contributed by atoms with van der Waals surface area (Å²) in [5.41, 5.74) is 2.77. The smallest absolute Gasteiger partial charge is 0.762 e. The van der Waals surface area contributed by atoms with Crippen LogP contribution in [0.15, 0.2) is 48.6 Å². The van der Waals surface area contributed by atoms with Gasteiger partial charge in [-0.2, -0.15) is 0 Å². The van der Waals surface area contributed by atoms with Gasteiger partial charge in [0, 0.05) is 61.3 Å². The van der Waals surface area contributed by atoms with Crippen molar-refractivity contribution in [2.45, 2.75) is 85.2 Å². The van der Waals surface area contributed by atoms with Gasteiger partial charge in [-0.15, -0.1) is 0 Å². The van der Waals surface area contributed by atoms with E-state index in [1.165, 1.54) is 5.56 Å². The highest BCUT2D eigenvalue weighted by Crippen LogP contribution is 2.34. The number of diazo groups is 1. The zero-order valence-corrected chi connectivity index (χ0v) is 30.8. The van der Waals surface area contributed by atoms with Gasteiger partial charge in [0.25, 0.3) is 0 Å². The number of hydrogen-bond donors (Lipinski definition) is 0. The van der Waals surface area contributed by atoms with E-state index in [0.717, 1.165) is 22.6 Å². The van der Waals surface area contributed by atoms with Crippen LogP contribution in [0.1, 0.15) is 70.6 Å². The number of nitrogens with zero attached hydrogens (tertiary/aromatic N) is 4. The number of rotatable bonds is 2. The summed E-state index contributed by atoms with van der Waals surface area (Å²) >= 11 is 11.8. The van der Waals surface area contributed by atoms with Gasteiger partial charge in [-0.25, -0.2) is 9.59 Å². The lowest BCUT2D eigenvalue weighted by Crippen LogP contribution is -3.00. The van der Waals surface area contributed by atoms with Gasteiger partial charge in [-0.1, -0.05) is 47.5 Å². The van der Waals surface area contributed by atoms with Crippen LogP contribution in [-0.2, 0) is 14.2 Å². The van der Waals surface area contributed by atoms with Crippen molar-refractivity contribution in [2.75, 3.05) is 26.7 Å². The molecule has 2 aliphatic rings. The third-order valence-electron chi connectivity index (χ3n) is 6.53. The van der Waals surface area contributed by atoms with Crippen LogP contribution in [0.25, 0.3) is 4.98 Å². The second-order valence-corrected chi connectivity index (χ2v) is 13.7. The molecule has 1 saturated heterocycles. The zero-order chi connectivity index (χ0) is 36.8. The highest BCUT2D eigenvalue weighted by atomic mass is 35.5. The van der Waals surface area contributed by atoms with E-state index in [-0.39, 0.29) is 34.6 Å². The molecule has 4 rings (SSSR count). The standard InChI is InChI=1S/C17H24ClNO3.C9H15NO2.C7H6ClN2.BF3.FH/c1-11-8-12(6-7-14(11)18)13-9-15(21-5)19(10-13)16(20)22-17(2,3)4;1-9(2,3)12-8(11)10-6-4-5-7-10;1-5-4-6(10-9)2-3-7(5)8;2-1(3)4;/h6-8,13,15H,9-10H2,1-5H3;4-5H,6-7H2,1-3H3;2-4H,1H3;;1H/q;;+1;;/p-1. The number of likely N-dealkylation sites (tertiary alicyclic amines) is 1. The van der Waals surface area contributed by atoms with Crippen LogP contribution >= 0.6 is 23.2 Å². The summed E-state index contributed by atoms with van der Waals surface area (Å²) in [7, 11) is -2.04. The highest BCUT2D eigenvalue weighted by Gasteiger charge is 2.38. The van der Waals surface area contributed by atoms with Crippen LogP contribution in [-0.4, -0.2) is 73.7 Å². The molecule has 2 atom stereocenters. The Morgan fingerprint density at radius 3 is 1.78 bits per heavy atom. The average Bonchev–Trinajstić information content (AvgIpc) is 3.66. The lowest BCUT2D eigenvalue weighted by atomic mass is 9.96. The maximum atomic E-state index is 12.3. The Bertz CT molecular complexity index is 1420. The van der Waals surface area contributed by atoms with Gasteiger partial charge in [-0.05, 0) is 84.2 Å². The summed E-state index contributed by atoms with van der Waals surface area (Å²) in [5.74, 6) is 0.230. The highest BCUT2D eigenvalue weighted by molar-refractivity contribution is 6.33. The average molecular weight is 735 g/mol. The number of ether oxygens (including phenoxy) is 3. The van der Waals surface area contributed by atoms with E-state index in [2.05, 4.69) is 11.0 Å². The van der Waals surface area contributed by atoms with Gasteiger partial charge in [0.15, 0.2) is 4.98 Å². The molecule has 2 amide bonds. The molecule has 2 heterocycles. The zero-order valence-electron chi connectivity index (χ0n) is 29.3. The van der Waals surface area contributed by atoms with Gasteiger partial charge in [-0.3, -0.25) is 17.8 Å². The molecule has 0 N–H and O–H groups in total. The molecule has 0 aliphatic carbocycles. The SMILES string of the molecule is CC(C)(C)OC(=O)N1CC=CC1.COC1CC(c2ccc(Cl)c(C)c2)CN1C(=O)OC(C)(C)C.Cc1cc([N+]#N)ccc1Cl.FB(F)F.[F-]. The van der Waals surface area contributed by atoms with Crippen LogP contribution in [0.4, 0.5) is 28.2 Å². The number of hydrogen-bond acceptors (Lipinski definition) is 6. The molecule has 0 spiro atoms. The monoisotopic (exact) mass is 734 g/mol. The fraction of sp³-hybridized carbons (Fsp3) is 0.515. The van der Waals surface area contributed by atoms with E-state index in [4.69, 9.17) is 42.8 Å². The first kappa shape index (κ1) is 45.5. The number of carbonyl (C=O) groups excluding carboxylic acids is 2. The molecule has 0 radical (unpaired) electrons. The number of benzene rings is 2. The minimum absolute atomic E-state index is 0. The molecule has 272 valence electrons. The molecule has 2 aromatic carbocycles. The molecule has 0 aromatic heterocycles. The van der Waals surface area contributed by atoms with E-state index in [9.17, 15) is 22.5 Å². The Morgan fingerprint density at radius 2 is 1.35 bits per heavy atom. The van der Waals surface area contributed by atoms with Gasteiger partial charge < -0.3 is 23.8 Å². The Kier molecular flexibility index (Phi) is 19.4. The van der Waals surface area contributed by atoms with Crippen LogP contribution in [0.5, 0.6) is 0 Å². The van der Waals surface area contributed by atoms with Crippen LogP contribution in [0.3, 0.4) is 0 Å². The minimum atomic E-state index is -3.67. The summed E-state index contributed by atoms with van der Waals surface area (Å²) in [6, 6.07) is 11.1. The van der Waals surface area contributed by atoms with Crippen molar-refractivity contribution in [1.82, 2.24) is 9.80 Å². The van der Waals surface area contributed by atoms with Crippen molar-refractivity contribution in [3.63, 3.8) is 0 Å². The summed E-state index contributed by atoms with van der Waals surface area (Å²) in [4.78, 5) is 30.0. The Balaban J connectivity index is 0.000000720. The fourth-order valence-electron chi connectivity index (χ4n) is 4.34. The molecule has 0 saturated carbocycles. The molecule has 16 heteroatoms. The number of carbonyl (C=O) groups is 2. The predicted molar refractivity (Wildman–Crippen MR) is 184 cm³/mol. The lowest BCUT2D eigenvalue weighted by Gasteiger charge is -2.27. The van der Waals surface area contributed by atoms with Crippen LogP contribution < -0.4 is 4.70 Å². The second-order valence-electron chi connectivity index (χ2n) is 12.9. The molecular formula is C33H45BCl2F4N4O5. The third kappa shape index (κ3) is 17.6. The van der Waals surface area contributed by atoms with Gasteiger partial charge in [0.2, 0.25) is 5.39 Å². The summed E-state index contributed by atoms with van der Waals surface area (Å²) < 4.78 is 45.1. The first-order chi connectivity index (χ1) is 22.2. The van der Waals surface area contributed by atoms with Crippen molar-refractivity contribution in [3.05, 3.63) is 80.3 Å². The lowest BCUT2D eigenvalue weighted by molar-refractivity contribution is -0.0306. The molecule has 2 aromatic rings. The van der Waals surface area contributed by atoms with E-state index >= 15 is 0 Å². The largest absolute Gasteiger partial charge is 1.00 e. The summed E-state index contributed by atoms with van der Waals surface area (Å²) in [6.07, 6.45) is 3.88. The molecule has 1 fully saturated rings. The van der Waals surface area contributed by atoms with E-state index in [1.807, 2.05) is 79.7 Å². The Morgan fingerprint density at radius 1 is 0.878 bits per heavy atom. The quantitative estimate of drug-likeness (QED) is 0.141. The maximum Gasteiger partial charge on any atom is 0.762 e. The molecule has 9 nitrogen and oxygen atoms in total. The summed E-state index contributed by atoms with van der Waals surface area (Å²) in [5, 5.41) is 9.78. The molecule has 49 heavy (non-hydrogen) atoms. The first-order valence-electron chi connectivity index (χ1n) is 15.1. The number of amides is 2. The van der Waals surface area contributed by atoms with E-state index in [0.29, 0.717) is 30.3 Å². The number of aryl methyl sites for hydroxylation is 2. The van der Waals surface area contributed by atoms with Gasteiger partial charge in [0.1, 0.15) is 17.4 Å². The number of halogens is 6. The second kappa shape index (κ2) is 20.9. The predicted octanol–water partition coefficient (Wildman–Crippen LogP) is 7.16. The topological polar surface area (TPSA) is 96.5 Å². The van der Waals surface area contributed by atoms with Crippen molar-refractivity contribution in [1.29, 1.82) is 5.39 Å². The Labute approximate surface area is 296 Å². The third-order valence-corrected chi connectivity index (χ3v) is 7.38. The van der Waals surface area contributed by atoms with Crippen molar-refractivity contribution in [3.8, 4) is 0 Å². The Hall–Kier alpha value is -3.54. The molecular weight excluding hydrogens is 690 g/mol. The van der Waals surface area contributed by atoms with Gasteiger partial charge >= 0.3 is 25.4 Å². The normalized spacial score (nSPS) is 16.3. The van der Waals surface area contributed by atoms with Crippen LogP contribution in [0.2, 0.25) is 10.0 Å². The van der Waals surface area contributed by atoms with E-state index in [1.54, 1.807) is 35.1 Å². The van der Waals surface area contributed by atoms with Gasteiger partial charge in [0.05, 0.1) is 0 Å². The number of methoxy groups -OCH3 is 1. The fourth-order valence-corrected chi connectivity index (χ4v) is 4.58. The molecule has 2 aliphatic heterocycles. The van der Waals surface area contributed by atoms with E-state index < -0.39 is 13.1 Å². The van der Waals surface area contributed by atoms with Crippen molar-refractivity contribution < 1.29 is 41.5 Å². The molecule has 2 unspecified atom stereocenters. The maximum absolute atomic E-state index is 12.3.